The van der Waals surface area contributed by atoms with Crippen LogP contribution >= 0.6 is 18.6 Å². The summed E-state index contributed by atoms with van der Waals surface area (Å²) in [4.78, 5) is 2.37. The van der Waals surface area contributed by atoms with Crippen LogP contribution in [0.1, 0.15) is 47.1 Å². The first kappa shape index (κ1) is 33.3. The molecule has 1 fully saturated rings. The van der Waals surface area contributed by atoms with Gasteiger partial charge in [-0.2, -0.15) is 0 Å². The number of halogens is 2. The molecule has 0 aromatic heterocycles. The fourth-order valence-corrected chi connectivity index (χ4v) is 5.86. The Labute approximate surface area is 265 Å². The molecule has 0 heterocycles. The van der Waals surface area contributed by atoms with Gasteiger partial charge in [0.05, 0.1) is 0 Å². The van der Waals surface area contributed by atoms with Crippen LogP contribution in [0.25, 0.3) is 6.08 Å². The first-order chi connectivity index (χ1) is 19.5. The van der Waals surface area contributed by atoms with E-state index in [0.29, 0.717) is 0 Å². The Morgan fingerprint density at radius 3 is 2.32 bits per heavy atom. The van der Waals surface area contributed by atoms with Crippen molar-refractivity contribution < 1.29 is 17.0 Å². The van der Waals surface area contributed by atoms with Crippen LogP contribution in [0.15, 0.2) is 96.6 Å². The normalized spacial score (nSPS) is 17.4. The maximum absolute atomic E-state index is 4.89. The molecule has 0 aliphatic heterocycles. The van der Waals surface area contributed by atoms with E-state index in [1.54, 1.807) is 5.57 Å². The summed E-state index contributed by atoms with van der Waals surface area (Å²) in [6.07, 6.45) is 16.7. The van der Waals surface area contributed by atoms with Crippen molar-refractivity contribution in [3.63, 3.8) is 0 Å². The van der Waals surface area contributed by atoms with E-state index in [1.807, 2.05) is 0 Å². The summed E-state index contributed by atoms with van der Waals surface area (Å²) < 4.78 is 0. The molecular weight excluding hydrogens is 579 g/mol. The SMILES string of the molecule is Cc1ccc(N(C)CC2=CC=CC3CCCC23)cc1.Cc1ccc(NCc2cccc3c2CC=C3)cc1.[CH3-].[Cl][Ti][Cl]. The van der Waals surface area contributed by atoms with Gasteiger partial charge in [0, 0.05) is 31.5 Å². The Hall–Kier alpha value is -2.23. The van der Waals surface area contributed by atoms with Gasteiger partial charge in [-0.15, -0.1) is 0 Å². The third-order valence-electron chi connectivity index (χ3n) is 8.07. The molecule has 2 unspecified atom stereocenters. The maximum atomic E-state index is 4.89. The van der Waals surface area contributed by atoms with Crippen molar-refractivity contribution in [1.82, 2.24) is 0 Å². The number of aryl methyl sites for hydroxylation is 2. The zero-order chi connectivity index (χ0) is 28.3. The predicted octanol–water partition coefficient (Wildman–Crippen LogP) is 10.3. The van der Waals surface area contributed by atoms with Crippen LogP contribution in [0.3, 0.4) is 0 Å². The fraction of sp³-hybridized carbons (Fsp3) is 0.306. The Morgan fingerprint density at radius 1 is 0.927 bits per heavy atom. The van der Waals surface area contributed by atoms with Crippen LogP contribution in [0.4, 0.5) is 11.4 Å². The molecule has 0 spiro atoms. The molecule has 2 nitrogen and oxygen atoms in total. The number of hydrogen-bond acceptors (Lipinski definition) is 2. The molecule has 6 rings (SSSR count). The Kier molecular flexibility index (Phi) is 13.8. The zero-order valence-corrected chi connectivity index (χ0v) is 27.9. The first-order valence-electron chi connectivity index (χ1n) is 14.2. The quantitative estimate of drug-likeness (QED) is 0.217. The van der Waals surface area contributed by atoms with Crippen LogP contribution < -0.4 is 10.2 Å². The van der Waals surface area contributed by atoms with Crippen LogP contribution in [0.5, 0.6) is 0 Å². The molecule has 3 aliphatic carbocycles. The second-order valence-corrected chi connectivity index (χ2v) is 13.5. The number of anilines is 2. The molecule has 1 N–H and O–H groups in total. The molecule has 0 bridgehead atoms. The minimum atomic E-state index is -0.556. The molecule has 3 aliphatic rings. The van der Waals surface area contributed by atoms with E-state index in [9.17, 15) is 0 Å². The Bertz CT molecular complexity index is 1310. The summed E-state index contributed by atoms with van der Waals surface area (Å²) in [6, 6.07) is 23.9. The van der Waals surface area contributed by atoms with E-state index in [2.05, 4.69) is 128 Å². The molecule has 2 atom stereocenters. The van der Waals surface area contributed by atoms with Gasteiger partial charge >= 0.3 is 35.6 Å². The van der Waals surface area contributed by atoms with Gasteiger partial charge in [-0.3, -0.25) is 0 Å². The molecule has 5 heteroatoms. The number of nitrogens with one attached hydrogen (secondary N) is 1. The average Bonchev–Trinajstić information content (AvgIpc) is 3.65. The zero-order valence-electron chi connectivity index (χ0n) is 24.8. The van der Waals surface area contributed by atoms with E-state index in [4.69, 9.17) is 18.6 Å². The van der Waals surface area contributed by atoms with Gasteiger partial charge < -0.3 is 17.6 Å². The third-order valence-corrected chi connectivity index (χ3v) is 8.07. The van der Waals surface area contributed by atoms with E-state index in [-0.39, 0.29) is 7.43 Å². The summed E-state index contributed by atoms with van der Waals surface area (Å²) >= 11 is -0.556. The summed E-state index contributed by atoms with van der Waals surface area (Å²) in [5.41, 5.74) is 11.0. The number of allylic oxidation sites excluding steroid dienone is 4. The minimum absolute atomic E-state index is 0. The number of hydrogen-bond donors (Lipinski definition) is 1. The van der Waals surface area contributed by atoms with Crippen LogP contribution in [-0.2, 0) is 30.0 Å². The van der Waals surface area contributed by atoms with Crippen molar-refractivity contribution >= 4 is 36.1 Å². The van der Waals surface area contributed by atoms with Gasteiger partial charge in [0.25, 0.3) is 0 Å². The van der Waals surface area contributed by atoms with Crippen molar-refractivity contribution in [2.24, 2.45) is 11.8 Å². The molecule has 0 radical (unpaired) electrons. The average molecular weight is 623 g/mol. The number of likely N-dealkylation sites (N-methyl/N-ethyl adjacent to an activating group) is 1. The molecule has 1 saturated carbocycles. The first-order valence-corrected chi connectivity index (χ1v) is 18.5. The van der Waals surface area contributed by atoms with Gasteiger partial charge in [-0.05, 0) is 91.5 Å². The van der Waals surface area contributed by atoms with Gasteiger partial charge in [-0.25, -0.2) is 0 Å². The summed E-state index contributed by atoms with van der Waals surface area (Å²) in [5.74, 6) is 1.62. The van der Waals surface area contributed by atoms with Crippen molar-refractivity contribution in [2.45, 2.75) is 46.1 Å². The third kappa shape index (κ3) is 9.65. The Balaban J connectivity index is 0.000000202. The molecule has 0 amide bonds. The van der Waals surface area contributed by atoms with Crippen LogP contribution in [0.2, 0.25) is 0 Å². The summed E-state index contributed by atoms with van der Waals surface area (Å²) in [7, 11) is 12.0. The van der Waals surface area contributed by atoms with Crippen molar-refractivity contribution in [3.8, 4) is 0 Å². The number of rotatable bonds is 6. The Morgan fingerprint density at radius 2 is 1.61 bits per heavy atom. The number of nitrogens with zero attached hydrogens (tertiary/aromatic N) is 1. The second kappa shape index (κ2) is 17.0. The van der Waals surface area contributed by atoms with Gasteiger partial charge in [0.1, 0.15) is 0 Å². The molecule has 0 saturated heterocycles. The van der Waals surface area contributed by atoms with Crippen molar-refractivity contribution in [3.05, 3.63) is 132 Å². The fourth-order valence-electron chi connectivity index (χ4n) is 5.86. The molecule has 3 aromatic carbocycles. The van der Waals surface area contributed by atoms with Gasteiger partial charge in [-0.1, -0.05) is 90.4 Å². The topological polar surface area (TPSA) is 15.3 Å². The monoisotopic (exact) mass is 621 g/mol. The van der Waals surface area contributed by atoms with E-state index in [1.165, 1.54) is 58.5 Å². The number of benzene rings is 3. The van der Waals surface area contributed by atoms with E-state index < -0.39 is 17.0 Å². The van der Waals surface area contributed by atoms with Gasteiger partial charge in [0.15, 0.2) is 0 Å². The van der Waals surface area contributed by atoms with Crippen LogP contribution in [-0.4, -0.2) is 13.6 Å². The van der Waals surface area contributed by atoms with Crippen molar-refractivity contribution in [1.29, 1.82) is 0 Å². The molecular formula is C36H43Cl2N2Ti-. The van der Waals surface area contributed by atoms with E-state index in [0.717, 1.165) is 31.3 Å². The number of fused-ring (bicyclic) bond motifs is 2. The van der Waals surface area contributed by atoms with E-state index >= 15 is 0 Å². The second-order valence-electron chi connectivity index (χ2n) is 10.9. The van der Waals surface area contributed by atoms with Crippen LogP contribution in [0, 0.1) is 33.1 Å². The molecule has 216 valence electrons. The molecule has 41 heavy (non-hydrogen) atoms. The summed E-state index contributed by atoms with van der Waals surface area (Å²) in [5, 5.41) is 3.49. The van der Waals surface area contributed by atoms with Crippen molar-refractivity contribution in [2.75, 3.05) is 23.8 Å². The predicted molar refractivity (Wildman–Crippen MR) is 178 cm³/mol. The van der Waals surface area contributed by atoms with Gasteiger partial charge in [0.2, 0.25) is 0 Å². The molecule has 3 aromatic rings. The standard InChI is InChI=1S/C18H23N.C17H17N.CH3.2ClH.Ti/c1-14-9-11-17(12-10-14)19(2)13-16-7-3-5-15-6-4-8-18(15)16;1-13-8-10-16(11-9-13)18-12-15-6-2-4-14-5-3-7-17(14)15;;;;/h3,5,7,9-12,15,18H,4,6,8,13H2,1-2H3;2-6,8-11,18H,7,12H2,1H3;1H3;2*1H;/q;;-1;;;+2/p-2. The summed E-state index contributed by atoms with van der Waals surface area (Å²) in [6.45, 7) is 6.21.